The number of aromatic amines is 1. The summed E-state index contributed by atoms with van der Waals surface area (Å²) in [5.74, 6) is 1.50. The fourth-order valence-electron chi connectivity index (χ4n) is 4.18. The number of halogens is 4. The van der Waals surface area contributed by atoms with E-state index < -0.39 is 11.7 Å². The van der Waals surface area contributed by atoms with E-state index in [0.717, 1.165) is 31.4 Å². The second kappa shape index (κ2) is 9.91. The zero-order valence-electron chi connectivity index (χ0n) is 18.2. The predicted octanol–water partition coefficient (Wildman–Crippen LogP) is 5.48. The molecule has 0 saturated heterocycles. The first-order valence-corrected chi connectivity index (χ1v) is 10.4. The average molecular weight is 484 g/mol. The number of imidazole rings is 1. The molecule has 1 saturated carbocycles. The number of ether oxygens (including phenoxy) is 2. The predicted molar refractivity (Wildman–Crippen MR) is 120 cm³/mol. The topological polar surface area (TPSA) is 76.2 Å². The third-order valence-electron chi connectivity index (χ3n) is 5.84. The number of nitrogens with zero attached hydrogens (tertiary/aromatic N) is 1. The van der Waals surface area contributed by atoms with Gasteiger partial charge in [0.15, 0.2) is 0 Å². The van der Waals surface area contributed by atoms with Gasteiger partial charge in [0.2, 0.25) is 0 Å². The summed E-state index contributed by atoms with van der Waals surface area (Å²) in [6.07, 6.45) is -1.20. The van der Waals surface area contributed by atoms with Crippen LogP contribution in [0.4, 0.5) is 13.2 Å². The van der Waals surface area contributed by atoms with Crippen molar-refractivity contribution in [2.24, 2.45) is 0 Å². The maximum Gasteiger partial charge on any atom is 0.416 e. The van der Waals surface area contributed by atoms with E-state index in [-0.39, 0.29) is 30.3 Å². The molecule has 0 bridgehead atoms. The summed E-state index contributed by atoms with van der Waals surface area (Å²) in [5.41, 5.74) is 0.599. The highest BCUT2D eigenvalue weighted by Crippen LogP contribution is 2.35. The highest BCUT2D eigenvalue weighted by atomic mass is 35.5. The number of methoxy groups -OCH3 is 2. The Kier molecular flexibility index (Phi) is 7.41. The van der Waals surface area contributed by atoms with Crippen LogP contribution in [0.15, 0.2) is 36.4 Å². The number of carbonyl (C=O) groups is 1. The lowest BCUT2D eigenvalue weighted by Crippen LogP contribution is -2.38. The van der Waals surface area contributed by atoms with Crippen molar-refractivity contribution >= 4 is 29.3 Å². The first kappa shape index (κ1) is 24.7. The van der Waals surface area contributed by atoms with Crippen LogP contribution in [0.3, 0.4) is 0 Å². The lowest BCUT2D eigenvalue weighted by molar-refractivity contribution is -0.137. The van der Waals surface area contributed by atoms with Crippen LogP contribution in [0.2, 0.25) is 0 Å². The molecule has 1 heterocycles. The van der Waals surface area contributed by atoms with Crippen molar-refractivity contribution in [2.75, 3.05) is 14.2 Å². The van der Waals surface area contributed by atoms with E-state index in [1.54, 1.807) is 18.2 Å². The van der Waals surface area contributed by atoms with Crippen LogP contribution in [0, 0.1) is 0 Å². The van der Waals surface area contributed by atoms with Gasteiger partial charge in [-0.2, -0.15) is 13.2 Å². The van der Waals surface area contributed by atoms with Crippen LogP contribution in [0.5, 0.6) is 11.5 Å². The third-order valence-corrected chi connectivity index (χ3v) is 5.84. The van der Waals surface area contributed by atoms with Crippen molar-refractivity contribution in [1.82, 2.24) is 15.3 Å². The summed E-state index contributed by atoms with van der Waals surface area (Å²) in [5, 5.41) is 3.06. The van der Waals surface area contributed by atoms with Crippen molar-refractivity contribution in [2.45, 2.75) is 43.8 Å². The monoisotopic (exact) mass is 483 g/mol. The summed E-state index contributed by atoms with van der Waals surface area (Å²) in [6, 6.07) is 8.43. The SMILES string of the molecule is COc1cc(OC)cc(C(=O)NC2CCCC(c3nc4ccc(C(F)(F)F)cc4[nH]3)C2)c1.Cl. The zero-order chi connectivity index (χ0) is 22.9. The minimum atomic E-state index is -4.40. The van der Waals surface area contributed by atoms with Gasteiger partial charge >= 0.3 is 6.18 Å². The highest BCUT2D eigenvalue weighted by molar-refractivity contribution is 5.95. The van der Waals surface area contributed by atoms with E-state index >= 15 is 0 Å². The number of alkyl halides is 3. The van der Waals surface area contributed by atoms with Crippen molar-refractivity contribution < 1.29 is 27.4 Å². The molecule has 10 heteroatoms. The Balaban J connectivity index is 0.00000306. The number of fused-ring (bicyclic) bond motifs is 1. The van der Waals surface area contributed by atoms with Crippen LogP contribution in [-0.2, 0) is 6.18 Å². The highest BCUT2D eigenvalue weighted by Gasteiger charge is 2.31. The largest absolute Gasteiger partial charge is 0.497 e. The molecule has 1 aromatic heterocycles. The van der Waals surface area contributed by atoms with Crippen molar-refractivity contribution in [1.29, 1.82) is 0 Å². The fraction of sp³-hybridized carbons (Fsp3) is 0.391. The first-order valence-electron chi connectivity index (χ1n) is 10.4. The number of nitrogens with one attached hydrogen (secondary N) is 2. The molecule has 178 valence electrons. The third kappa shape index (κ3) is 5.52. The molecule has 4 rings (SSSR count). The summed E-state index contributed by atoms with van der Waals surface area (Å²) >= 11 is 0. The number of amides is 1. The number of benzene rings is 2. The summed E-state index contributed by atoms with van der Waals surface area (Å²) in [7, 11) is 3.04. The van der Waals surface area contributed by atoms with E-state index in [1.807, 2.05) is 0 Å². The van der Waals surface area contributed by atoms with E-state index in [9.17, 15) is 18.0 Å². The van der Waals surface area contributed by atoms with Gasteiger partial charge in [0, 0.05) is 23.6 Å². The summed E-state index contributed by atoms with van der Waals surface area (Å²) in [4.78, 5) is 20.4. The number of carbonyl (C=O) groups excluding carboxylic acids is 1. The maximum absolute atomic E-state index is 13.0. The minimum absolute atomic E-state index is 0. The van der Waals surface area contributed by atoms with Crippen LogP contribution in [-0.4, -0.2) is 36.1 Å². The van der Waals surface area contributed by atoms with Crippen LogP contribution >= 0.6 is 12.4 Å². The standard InChI is InChI=1S/C23H24F3N3O3.ClH/c1-31-17-9-14(10-18(12-17)32-2)22(30)27-16-5-3-4-13(8-16)21-28-19-7-6-15(23(24,25)26)11-20(19)29-21;/h6-7,9-13,16H,3-5,8H2,1-2H3,(H,27,30)(H,28,29);1H. The summed E-state index contributed by atoms with van der Waals surface area (Å²) < 4.78 is 49.4. The fourth-order valence-corrected chi connectivity index (χ4v) is 4.18. The molecule has 0 radical (unpaired) electrons. The molecular weight excluding hydrogens is 459 g/mol. The van der Waals surface area contributed by atoms with Gasteiger partial charge in [-0.3, -0.25) is 4.79 Å². The lowest BCUT2D eigenvalue weighted by atomic mass is 9.85. The van der Waals surface area contributed by atoms with Gasteiger partial charge < -0.3 is 19.8 Å². The van der Waals surface area contributed by atoms with Crippen LogP contribution in [0.25, 0.3) is 11.0 Å². The number of rotatable bonds is 5. The molecule has 0 spiro atoms. The molecule has 2 unspecified atom stereocenters. The summed E-state index contributed by atoms with van der Waals surface area (Å²) in [6.45, 7) is 0. The second-order valence-electron chi connectivity index (χ2n) is 7.99. The molecule has 3 aromatic rings. The van der Waals surface area contributed by atoms with E-state index in [1.165, 1.54) is 20.3 Å². The van der Waals surface area contributed by atoms with Gasteiger partial charge in [0.25, 0.3) is 5.91 Å². The number of hydrogen-bond acceptors (Lipinski definition) is 4. The Morgan fingerprint density at radius 2 is 1.79 bits per heavy atom. The molecule has 1 aliphatic carbocycles. The zero-order valence-corrected chi connectivity index (χ0v) is 19.0. The molecule has 0 aliphatic heterocycles. The number of hydrogen-bond donors (Lipinski definition) is 2. The molecule has 2 atom stereocenters. The number of H-pyrrole nitrogens is 1. The van der Waals surface area contributed by atoms with Gasteiger partial charge in [-0.25, -0.2) is 4.98 Å². The van der Waals surface area contributed by atoms with Gasteiger partial charge in [0.1, 0.15) is 17.3 Å². The van der Waals surface area contributed by atoms with Crippen LogP contribution in [0.1, 0.15) is 53.3 Å². The molecular formula is C23H25ClF3N3O3. The van der Waals surface area contributed by atoms with Crippen LogP contribution < -0.4 is 14.8 Å². The normalized spacial score (nSPS) is 18.5. The molecule has 1 aliphatic rings. The smallest absolute Gasteiger partial charge is 0.416 e. The second-order valence-corrected chi connectivity index (χ2v) is 7.99. The molecule has 1 amide bonds. The van der Waals surface area contributed by atoms with Crippen molar-refractivity contribution in [3.63, 3.8) is 0 Å². The van der Waals surface area contributed by atoms with E-state index in [0.29, 0.717) is 40.3 Å². The average Bonchev–Trinajstić information content (AvgIpc) is 3.22. The van der Waals surface area contributed by atoms with Crippen molar-refractivity contribution in [3.8, 4) is 11.5 Å². The number of aromatic nitrogens is 2. The van der Waals surface area contributed by atoms with E-state index in [4.69, 9.17) is 9.47 Å². The molecule has 6 nitrogen and oxygen atoms in total. The Morgan fingerprint density at radius 3 is 2.42 bits per heavy atom. The Morgan fingerprint density at radius 1 is 1.09 bits per heavy atom. The minimum Gasteiger partial charge on any atom is -0.497 e. The van der Waals surface area contributed by atoms with E-state index in [2.05, 4.69) is 15.3 Å². The van der Waals surface area contributed by atoms with Gasteiger partial charge in [-0.05, 0) is 49.6 Å². The molecule has 2 N–H and O–H groups in total. The molecule has 33 heavy (non-hydrogen) atoms. The van der Waals surface area contributed by atoms with Gasteiger partial charge in [-0.1, -0.05) is 6.42 Å². The quantitative estimate of drug-likeness (QED) is 0.504. The Bertz CT molecular complexity index is 1110. The molecule has 2 aromatic carbocycles. The molecule has 1 fully saturated rings. The Hall–Kier alpha value is -2.94. The van der Waals surface area contributed by atoms with Crippen molar-refractivity contribution in [3.05, 3.63) is 53.3 Å². The first-order chi connectivity index (χ1) is 15.3. The van der Waals surface area contributed by atoms with Gasteiger partial charge in [0.05, 0.1) is 30.8 Å². The maximum atomic E-state index is 13.0. The van der Waals surface area contributed by atoms with Gasteiger partial charge in [-0.15, -0.1) is 12.4 Å². The Labute approximate surface area is 195 Å². The lowest BCUT2D eigenvalue weighted by Gasteiger charge is -2.28.